The molecule has 0 bridgehead atoms. The van der Waals surface area contributed by atoms with Gasteiger partial charge in [0.15, 0.2) is 0 Å². The van der Waals surface area contributed by atoms with Gasteiger partial charge in [0.2, 0.25) is 0 Å². The molecule has 0 aliphatic carbocycles. The van der Waals surface area contributed by atoms with Crippen LogP contribution in [-0.4, -0.2) is 23.2 Å². The molecule has 0 saturated heterocycles. The van der Waals surface area contributed by atoms with Crippen LogP contribution in [0.5, 0.6) is 5.75 Å². The van der Waals surface area contributed by atoms with Gasteiger partial charge in [0.05, 0.1) is 37.4 Å². The van der Waals surface area contributed by atoms with Crippen LogP contribution in [0.3, 0.4) is 0 Å². The fraction of sp³-hybridized carbons (Fsp3) is 0.160. The fourth-order valence-corrected chi connectivity index (χ4v) is 5.80. The average molecular weight is 510 g/mol. The molecule has 3 aromatic carbocycles. The fourth-order valence-electron chi connectivity index (χ4n) is 3.80. The largest absolute Gasteiger partial charge is 0.489 e. The van der Waals surface area contributed by atoms with Crippen LogP contribution in [-0.2, 0) is 15.9 Å². The molecule has 1 heterocycles. The van der Waals surface area contributed by atoms with Crippen LogP contribution in [0.2, 0.25) is 5.02 Å². The van der Waals surface area contributed by atoms with Crippen molar-refractivity contribution in [1.29, 1.82) is 0 Å². The molecule has 0 spiro atoms. The summed E-state index contributed by atoms with van der Waals surface area (Å²) in [5.41, 5.74) is 0.999. The number of allylic oxidation sites excluding steroid dienone is 1. The monoisotopic (exact) mass is 509 g/mol. The van der Waals surface area contributed by atoms with E-state index < -0.39 is 27.3 Å². The molecule has 34 heavy (non-hydrogen) atoms. The zero-order valence-electron chi connectivity index (χ0n) is 18.0. The first-order valence-electron chi connectivity index (χ1n) is 10.2. The molecule has 3 nitrogen and oxygen atoms in total. The smallest absolute Gasteiger partial charge is 0.416 e. The zero-order chi connectivity index (χ0) is 24.7. The summed E-state index contributed by atoms with van der Waals surface area (Å²) in [4.78, 5) is -0.0366. The first kappa shape index (κ1) is 24.2. The number of hydrogen-bond acceptors (Lipinski definition) is 2. The normalized spacial score (nSPS) is 15.9. The van der Waals surface area contributed by atoms with E-state index in [2.05, 4.69) is 5.87 Å². The Morgan fingerprint density at radius 2 is 1.88 bits per heavy atom. The molecular formula is C25H20ClF4NO2S. The van der Waals surface area contributed by atoms with Crippen molar-refractivity contribution < 1.29 is 26.5 Å². The van der Waals surface area contributed by atoms with Crippen LogP contribution < -0.4 is 9.04 Å². The molecule has 0 radical (unpaired) electrons. The SMILES string of the molecule is C=S(=O)(c1cccc(C(F)(F)F)c1)N1CCOc2ccc(C=C(C)c3c(F)cccc3Cl)cc21. The Hall–Kier alpha value is -2.97. The summed E-state index contributed by atoms with van der Waals surface area (Å²) in [5.74, 6) is 3.76. The second kappa shape index (κ2) is 9.00. The summed E-state index contributed by atoms with van der Waals surface area (Å²) in [7, 11) is -3.32. The number of ether oxygens (including phenoxy) is 1. The predicted molar refractivity (Wildman–Crippen MR) is 129 cm³/mol. The highest BCUT2D eigenvalue weighted by Crippen LogP contribution is 2.38. The van der Waals surface area contributed by atoms with Crippen molar-refractivity contribution >= 4 is 44.5 Å². The minimum Gasteiger partial charge on any atom is -0.489 e. The lowest BCUT2D eigenvalue weighted by molar-refractivity contribution is -0.137. The summed E-state index contributed by atoms with van der Waals surface area (Å²) >= 11 is 6.17. The third-order valence-electron chi connectivity index (χ3n) is 5.43. The maximum Gasteiger partial charge on any atom is 0.416 e. The van der Waals surface area contributed by atoms with E-state index in [0.717, 1.165) is 12.1 Å². The van der Waals surface area contributed by atoms with E-state index in [-0.39, 0.29) is 28.6 Å². The molecule has 3 aromatic rings. The predicted octanol–water partition coefficient (Wildman–Crippen LogP) is 6.95. The van der Waals surface area contributed by atoms with E-state index in [1.54, 1.807) is 37.3 Å². The maximum atomic E-state index is 14.3. The Kier molecular flexibility index (Phi) is 6.40. The third kappa shape index (κ3) is 4.65. The van der Waals surface area contributed by atoms with Crippen LogP contribution >= 0.6 is 11.6 Å². The number of alkyl halides is 3. The van der Waals surface area contributed by atoms with Crippen LogP contribution in [0.1, 0.15) is 23.6 Å². The molecule has 9 heteroatoms. The van der Waals surface area contributed by atoms with Gasteiger partial charge in [0, 0.05) is 5.56 Å². The number of fused-ring (bicyclic) bond motifs is 1. The molecule has 1 atom stereocenters. The van der Waals surface area contributed by atoms with Crippen molar-refractivity contribution in [3.05, 3.63) is 88.2 Å². The number of halogens is 5. The third-order valence-corrected chi connectivity index (χ3v) is 7.83. The topological polar surface area (TPSA) is 29.5 Å². The van der Waals surface area contributed by atoms with Gasteiger partial charge in [0.25, 0.3) is 0 Å². The molecule has 0 saturated carbocycles. The van der Waals surface area contributed by atoms with E-state index in [1.165, 1.54) is 28.6 Å². The van der Waals surface area contributed by atoms with Crippen LogP contribution in [0, 0.1) is 5.82 Å². The molecule has 1 unspecified atom stereocenters. The highest BCUT2D eigenvalue weighted by Gasteiger charge is 2.32. The molecule has 0 N–H and O–H groups in total. The van der Waals surface area contributed by atoms with Gasteiger partial charge in [-0.3, -0.25) is 4.31 Å². The molecule has 178 valence electrons. The molecule has 0 amide bonds. The average Bonchev–Trinajstić information content (AvgIpc) is 2.78. The lowest BCUT2D eigenvalue weighted by Crippen LogP contribution is -2.38. The van der Waals surface area contributed by atoms with Crippen molar-refractivity contribution in [2.24, 2.45) is 0 Å². The van der Waals surface area contributed by atoms with Crippen LogP contribution in [0.4, 0.5) is 23.2 Å². The van der Waals surface area contributed by atoms with Gasteiger partial charge in [-0.2, -0.15) is 13.2 Å². The lowest BCUT2D eigenvalue weighted by Gasteiger charge is -2.34. The first-order chi connectivity index (χ1) is 16.0. The summed E-state index contributed by atoms with van der Waals surface area (Å²) in [6, 6.07) is 13.9. The van der Waals surface area contributed by atoms with Crippen molar-refractivity contribution in [2.75, 3.05) is 17.5 Å². The number of nitrogens with zero attached hydrogens (tertiary/aromatic N) is 1. The summed E-state index contributed by atoms with van der Waals surface area (Å²) in [6.45, 7) is 2.07. The minimum absolute atomic E-state index is 0.0366. The number of rotatable bonds is 4. The summed E-state index contributed by atoms with van der Waals surface area (Å²) in [6.07, 6.45) is -2.86. The Morgan fingerprint density at radius 1 is 1.15 bits per heavy atom. The number of anilines is 1. The van der Waals surface area contributed by atoms with E-state index in [0.29, 0.717) is 22.6 Å². The van der Waals surface area contributed by atoms with Crippen molar-refractivity contribution in [3.8, 4) is 5.75 Å². The van der Waals surface area contributed by atoms with Crippen molar-refractivity contribution in [1.82, 2.24) is 0 Å². The molecule has 1 aliphatic rings. The molecule has 0 fully saturated rings. The zero-order valence-corrected chi connectivity index (χ0v) is 19.6. The van der Waals surface area contributed by atoms with Gasteiger partial charge < -0.3 is 4.74 Å². The minimum atomic E-state index is -4.57. The van der Waals surface area contributed by atoms with E-state index in [4.69, 9.17) is 16.3 Å². The Balaban J connectivity index is 1.76. The van der Waals surface area contributed by atoms with Crippen molar-refractivity contribution in [2.45, 2.75) is 18.0 Å². The summed E-state index contributed by atoms with van der Waals surface area (Å²) < 4.78 is 74.8. The van der Waals surface area contributed by atoms with E-state index in [9.17, 15) is 21.8 Å². The lowest BCUT2D eigenvalue weighted by atomic mass is 10.0. The molecule has 4 rings (SSSR count). The number of hydrogen-bond donors (Lipinski definition) is 0. The highest BCUT2D eigenvalue weighted by atomic mass is 35.5. The first-order valence-corrected chi connectivity index (χ1v) is 12.3. The van der Waals surface area contributed by atoms with Gasteiger partial charge in [0.1, 0.15) is 18.2 Å². The number of benzene rings is 3. The molecule has 1 aliphatic heterocycles. The van der Waals surface area contributed by atoms with Gasteiger partial charge in [-0.05, 0) is 66.4 Å². The van der Waals surface area contributed by atoms with Crippen molar-refractivity contribution in [3.63, 3.8) is 0 Å². The second-order valence-corrected chi connectivity index (χ2v) is 10.4. The Bertz CT molecular complexity index is 1360. The molecular weight excluding hydrogens is 490 g/mol. The second-order valence-electron chi connectivity index (χ2n) is 7.77. The highest BCUT2D eigenvalue weighted by molar-refractivity contribution is 8.01. The van der Waals surface area contributed by atoms with E-state index >= 15 is 0 Å². The maximum absolute atomic E-state index is 14.3. The Morgan fingerprint density at radius 3 is 2.59 bits per heavy atom. The van der Waals surface area contributed by atoms with Crippen LogP contribution in [0.15, 0.2) is 65.6 Å². The van der Waals surface area contributed by atoms with Crippen LogP contribution in [0.25, 0.3) is 11.6 Å². The Labute approximate surface area is 200 Å². The van der Waals surface area contributed by atoms with Gasteiger partial charge in [-0.15, -0.1) is 0 Å². The standard InChI is InChI=1S/C25H20ClF4NO2S/c1-16(24-20(26)7-4-8-21(24)27)13-17-9-10-23-22(14-17)31(11-12-33-23)34(2,32)19-6-3-5-18(15-19)25(28,29)30/h3-10,13-15H,2,11-12H2,1H3. The van der Waals surface area contributed by atoms with Gasteiger partial charge in [-0.25, -0.2) is 8.60 Å². The quantitative estimate of drug-likeness (QED) is 0.216. The van der Waals surface area contributed by atoms with Gasteiger partial charge >= 0.3 is 6.18 Å². The molecule has 0 aromatic heterocycles. The van der Waals surface area contributed by atoms with E-state index in [1.807, 2.05) is 0 Å². The summed E-state index contributed by atoms with van der Waals surface area (Å²) in [5, 5.41) is 0.266. The van der Waals surface area contributed by atoms with Gasteiger partial charge in [-0.1, -0.05) is 35.9 Å².